The highest BCUT2D eigenvalue weighted by Gasteiger charge is 2.30. The summed E-state index contributed by atoms with van der Waals surface area (Å²) in [5.41, 5.74) is 4.91. The molecule has 0 bridgehead atoms. The van der Waals surface area contributed by atoms with Crippen molar-refractivity contribution in [3.63, 3.8) is 0 Å². The van der Waals surface area contributed by atoms with Gasteiger partial charge in [0.25, 0.3) is 28.5 Å². The molecule has 3 aliphatic heterocycles. The van der Waals surface area contributed by atoms with Gasteiger partial charge in [0.1, 0.15) is 58.5 Å². The lowest BCUT2D eigenvalue weighted by atomic mass is 10.0. The number of carboxylic acid groups (broad SMARTS) is 1. The number of halogens is 3. The third kappa shape index (κ3) is 21.9. The number of nitrogens with one attached hydrogen (secondary N) is 4. The summed E-state index contributed by atoms with van der Waals surface area (Å²) in [4.78, 5) is 129. The van der Waals surface area contributed by atoms with Gasteiger partial charge in [-0.15, -0.1) is 15.3 Å². The van der Waals surface area contributed by atoms with E-state index < -0.39 is 23.2 Å². The molecule has 15 rings (SSSR count). The Bertz CT molecular complexity index is 5720. The van der Waals surface area contributed by atoms with Gasteiger partial charge in [-0.25, -0.2) is 32.0 Å². The smallest absolute Gasteiger partial charge is 0.335 e. The Hall–Kier alpha value is -13.3. The highest BCUT2D eigenvalue weighted by atomic mass is 19.1. The summed E-state index contributed by atoms with van der Waals surface area (Å²) >= 11 is 0. The average molecular weight is 1570 g/mol. The number of carbonyl (C=O) groups excluding carboxylic acids is 4. The summed E-state index contributed by atoms with van der Waals surface area (Å²) in [5, 5.41) is 35.1. The number of hydrogen-bond acceptors (Lipinski definition) is 19. The molecule has 0 unspecified atom stereocenters. The molecule has 32 heteroatoms. The maximum Gasteiger partial charge on any atom is 0.335 e. The minimum atomic E-state index is -1.02. The fraction of sp³-hybridized carbons (Fsp3) is 0.313. The third-order valence-electron chi connectivity index (χ3n) is 19.0. The van der Waals surface area contributed by atoms with E-state index in [0.29, 0.717) is 128 Å². The number of carbonyl (C=O) groups is 5. The first kappa shape index (κ1) is 82.7. The molecule has 596 valence electrons. The number of carboxylic acids is 1. The van der Waals surface area contributed by atoms with Gasteiger partial charge in [-0.05, 0) is 239 Å². The molecule has 0 aliphatic carbocycles. The van der Waals surface area contributed by atoms with Crippen LogP contribution in [0, 0.1) is 45.1 Å². The molecule has 0 radical (unpaired) electrons. The second-order valence-corrected chi connectivity index (χ2v) is 30.4. The molecule has 0 spiro atoms. The predicted octanol–water partition coefficient (Wildman–Crippen LogP) is 10.4. The van der Waals surface area contributed by atoms with Crippen LogP contribution >= 0.6 is 0 Å². The minimum absolute atomic E-state index is 0.0296. The first-order valence-corrected chi connectivity index (χ1v) is 37.1. The molecular formula is C83H86F3N16O13+. The molecule has 0 saturated carbocycles. The molecule has 3 atom stereocenters. The molecule has 2 saturated heterocycles. The van der Waals surface area contributed by atoms with Crippen LogP contribution in [-0.4, -0.2) is 180 Å². The van der Waals surface area contributed by atoms with Gasteiger partial charge < -0.3 is 44.2 Å². The molecule has 12 aromatic rings. The number of aromatic nitrogens is 12. The number of esters is 2. The van der Waals surface area contributed by atoms with E-state index in [-0.39, 0.29) is 74.5 Å². The summed E-state index contributed by atoms with van der Waals surface area (Å²) in [6, 6.07) is 37.4. The zero-order chi connectivity index (χ0) is 82.4. The Kier molecular flexibility index (Phi) is 26.2. The molecule has 5 N–H and O–H groups in total. The summed E-state index contributed by atoms with van der Waals surface area (Å²) < 4.78 is 55.8. The van der Waals surface area contributed by atoms with Crippen LogP contribution in [0.3, 0.4) is 0 Å². The van der Waals surface area contributed by atoms with E-state index in [4.69, 9.17) is 24.5 Å². The topological polar surface area (TPSA) is 373 Å². The highest BCUT2D eigenvalue weighted by Crippen LogP contribution is 2.28. The molecule has 2 amide bonds. The van der Waals surface area contributed by atoms with E-state index in [1.54, 1.807) is 102 Å². The minimum Gasteiger partial charge on any atom is -0.478 e. The maximum absolute atomic E-state index is 13.6. The number of pyridine rings is 3. The first-order valence-electron chi connectivity index (χ1n) is 37.1. The van der Waals surface area contributed by atoms with Crippen molar-refractivity contribution in [3.8, 4) is 50.8 Å². The lowest BCUT2D eigenvalue weighted by Crippen LogP contribution is -2.66. The van der Waals surface area contributed by atoms with Gasteiger partial charge in [-0.2, -0.15) is 0 Å². The van der Waals surface area contributed by atoms with Gasteiger partial charge >= 0.3 is 17.9 Å². The third-order valence-corrected chi connectivity index (χ3v) is 19.0. The normalized spacial score (nSPS) is 15.1. The Morgan fingerprint density at radius 2 is 0.843 bits per heavy atom. The van der Waals surface area contributed by atoms with Crippen molar-refractivity contribution in [1.82, 2.24) is 74.6 Å². The fourth-order valence-corrected chi connectivity index (χ4v) is 13.4. The van der Waals surface area contributed by atoms with Gasteiger partial charge in [0.15, 0.2) is 0 Å². The molecule has 6 aromatic carbocycles. The maximum atomic E-state index is 13.6. The summed E-state index contributed by atoms with van der Waals surface area (Å²) in [6.45, 7) is 16.0. The second kappa shape index (κ2) is 36.5. The van der Waals surface area contributed by atoms with E-state index >= 15 is 0 Å². The van der Waals surface area contributed by atoms with Crippen molar-refractivity contribution < 1.29 is 56.7 Å². The molecule has 2 fully saturated rings. The lowest BCUT2D eigenvalue weighted by Gasteiger charge is -2.20. The number of aromatic carboxylic acids is 1. The van der Waals surface area contributed by atoms with Crippen LogP contribution in [0.25, 0.3) is 83.5 Å². The Morgan fingerprint density at radius 3 is 1.18 bits per heavy atom. The number of aromatic amines is 3. The van der Waals surface area contributed by atoms with Crippen molar-refractivity contribution >= 4 is 68.6 Å². The van der Waals surface area contributed by atoms with Gasteiger partial charge in [0, 0.05) is 112 Å². The van der Waals surface area contributed by atoms with Gasteiger partial charge in [0.2, 0.25) is 0 Å². The van der Waals surface area contributed by atoms with E-state index in [2.05, 4.69) is 76.1 Å². The second-order valence-electron chi connectivity index (χ2n) is 30.4. The quantitative estimate of drug-likeness (QED) is 0.0529. The highest BCUT2D eigenvalue weighted by molar-refractivity contribution is 5.95. The van der Waals surface area contributed by atoms with Crippen LogP contribution in [-0.2, 0) is 19.1 Å². The average Bonchev–Trinajstić information content (AvgIpc) is 1.76. The Labute approximate surface area is 656 Å². The number of rotatable bonds is 17. The molecule has 9 heterocycles. The number of H-pyrrole nitrogens is 3. The number of likely N-dealkylation sites (tertiary alicyclic amines) is 2. The van der Waals surface area contributed by atoms with Crippen LogP contribution in [0.15, 0.2) is 179 Å². The number of fused-ring (bicyclic) bond motifs is 3. The van der Waals surface area contributed by atoms with Crippen LogP contribution in [0.4, 0.5) is 13.2 Å². The van der Waals surface area contributed by atoms with Crippen LogP contribution in [0.5, 0.6) is 0 Å². The summed E-state index contributed by atoms with van der Waals surface area (Å²) in [6.07, 6.45) is 12.3. The molecule has 29 nitrogen and oxygen atoms in total. The first-order chi connectivity index (χ1) is 54.9. The molecular weight excluding hydrogens is 1490 g/mol. The summed E-state index contributed by atoms with van der Waals surface area (Å²) in [7, 11) is 4.10. The van der Waals surface area contributed by atoms with Crippen LogP contribution < -0.4 is 21.7 Å². The van der Waals surface area contributed by atoms with Gasteiger partial charge in [0.05, 0.1) is 57.9 Å². The van der Waals surface area contributed by atoms with Crippen molar-refractivity contribution in [3.05, 3.63) is 239 Å². The van der Waals surface area contributed by atoms with E-state index in [1.165, 1.54) is 76.1 Å². The molecule has 6 aromatic heterocycles. The standard InChI is InChI=1S/C29H30FN5O4.C25H25FN6O2.C18H11FN4O3.C11H19NO2.O2/c1-29(2,3)39-26(36)11-4-18-12-13-34(16-18)28(38)19-5-8-22(9-6-19)35-17-25(32-33-35)23-15-20-14-21(30)7-10-24(20)31-27(23)37;1-30(2)13-16-9-10-31(14-16)25(34)17-3-6-20(7-4-17)32-15-23(28-29-32)21-12-18-11-19(26)5-8-22(18)27-24(21)33;19-12-3-6-15-11(7-12)8-14(17(24)20-15)16-9-23(22-21-16)13-4-1-10(2-5-13)18(25)26;1-11(2,3)14-10(13)5-4-9-6-7-12-8-9;1-2/h5-10,14-15,17-18H,4,11-13,16H2,1-3H3,(H,31,37);3-8,11-12,15-16H,9-10,13-14H2,1-2H3,(H,27,33);1-9H,(H,20,24)(H,25,26);7,9H,4-6,8H2,1-3H3;/p+1/t18-;16-;;9-;/m10.1./s1. The number of nitrogens with zero attached hydrogens (tertiary/aromatic N) is 12. The zero-order valence-electron chi connectivity index (χ0n) is 64.4. The van der Waals surface area contributed by atoms with E-state index in [9.17, 15) is 51.5 Å². The van der Waals surface area contributed by atoms with Gasteiger partial charge in [-0.3, -0.25) is 38.6 Å². The molecule has 3 aliphatic rings. The number of benzene rings is 6. The van der Waals surface area contributed by atoms with Crippen molar-refractivity contribution in [2.45, 2.75) is 97.7 Å². The lowest BCUT2D eigenvalue weighted by molar-refractivity contribution is -0.449. The number of amides is 2. The largest absolute Gasteiger partial charge is 0.478 e. The van der Waals surface area contributed by atoms with Crippen LogP contribution in [0.2, 0.25) is 0 Å². The monoisotopic (exact) mass is 1570 g/mol. The SMILES string of the molecule is CC(C)(C)OC(=O)CC[C@@H]1CC=[NH+]C1.CC(C)(C)OC(=O)CC[C@@H]1CCN(C(=O)c2ccc(-n3cc(-c4cc5cc(F)ccc5[nH]c4=O)nn3)cc2)C1.CN(C)C[C@@H]1CCN(C(=O)c2ccc(-n3cc(-c4cc5cc(F)ccc5[nH]c4=O)nn3)cc2)C1.O=C(O)c1ccc(-n2cc(-c3cc4cc(F)ccc4[nH]c3=O)nn2)cc1.O=O. The Balaban J connectivity index is 0.000000157. The van der Waals surface area contributed by atoms with Crippen LogP contribution in [0.1, 0.15) is 118 Å². The van der Waals surface area contributed by atoms with Crippen molar-refractivity contribution in [1.29, 1.82) is 0 Å². The number of hydrogen-bond donors (Lipinski definition) is 5. The predicted molar refractivity (Wildman–Crippen MR) is 425 cm³/mol. The van der Waals surface area contributed by atoms with Crippen molar-refractivity contribution in [2.24, 2.45) is 17.8 Å². The fourth-order valence-electron chi connectivity index (χ4n) is 13.4. The molecule has 115 heavy (non-hydrogen) atoms. The zero-order valence-corrected chi connectivity index (χ0v) is 64.4. The number of ether oxygens (including phenoxy) is 2. The Morgan fingerprint density at radius 1 is 0.496 bits per heavy atom. The summed E-state index contributed by atoms with van der Waals surface area (Å²) in [5.74, 6) is -1.15. The van der Waals surface area contributed by atoms with E-state index in [1.807, 2.05) is 51.3 Å². The van der Waals surface area contributed by atoms with Crippen molar-refractivity contribution in [2.75, 3.05) is 53.4 Å². The van der Waals surface area contributed by atoms with Gasteiger partial charge in [-0.1, -0.05) is 15.6 Å². The van der Waals surface area contributed by atoms with E-state index in [0.717, 1.165) is 51.9 Å².